The molecule has 2 aromatic rings. The summed E-state index contributed by atoms with van der Waals surface area (Å²) in [7, 11) is -8.41. The number of sulfonamides is 1. The minimum absolute atomic E-state index is 0.0174. The number of hydrogen-bond acceptors (Lipinski definition) is 5. The molecule has 2 aromatic carbocycles. The van der Waals surface area contributed by atoms with Crippen LogP contribution in [0.25, 0.3) is 0 Å². The topological polar surface area (TPSA) is 89.5 Å². The van der Waals surface area contributed by atoms with Crippen LogP contribution in [0.3, 0.4) is 0 Å². The van der Waals surface area contributed by atoms with Crippen molar-refractivity contribution >= 4 is 19.9 Å². The lowest BCUT2D eigenvalue weighted by Crippen LogP contribution is -2.63. The van der Waals surface area contributed by atoms with Gasteiger partial charge in [0.15, 0.2) is 21.4 Å². The van der Waals surface area contributed by atoms with Crippen LogP contribution in [0.5, 0.6) is 5.75 Å². The number of rotatable bonds is 4. The molecule has 1 N–H and O–H groups in total. The van der Waals surface area contributed by atoms with Crippen molar-refractivity contribution < 1.29 is 43.5 Å². The van der Waals surface area contributed by atoms with Crippen LogP contribution in [0.4, 0.5) is 22.0 Å². The van der Waals surface area contributed by atoms with Gasteiger partial charge in [-0.05, 0) is 68.0 Å². The van der Waals surface area contributed by atoms with Gasteiger partial charge in [0.2, 0.25) is 10.0 Å². The fourth-order valence-electron chi connectivity index (χ4n) is 6.33. The number of ether oxygens (including phenoxy) is 1. The monoisotopic (exact) mass is 577 g/mol. The zero-order chi connectivity index (χ0) is 27.7. The maximum Gasteiger partial charge on any atom is 0.416 e. The second-order valence-electron chi connectivity index (χ2n) is 9.92. The molecular weight excluding hydrogens is 553 g/mol. The number of benzene rings is 2. The van der Waals surface area contributed by atoms with Crippen LogP contribution in [-0.2, 0) is 30.8 Å². The van der Waals surface area contributed by atoms with Gasteiger partial charge in [-0.25, -0.2) is 30.3 Å². The maximum atomic E-state index is 15.5. The molecule has 0 bridgehead atoms. The van der Waals surface area contributed by atoms with E-state index in [1.165, 1.54) is 6.08 Å². The Morgan fingerprint density at radius 2 is 1.76 bits per heavy atom. The van der Waals surface area contributed by atoms with E-state index in [1.807, 2.05) is 0 Å². The second kappa shape index (κ2) is 9.02. The van der Waals surface area contributed by atoms with Gasteiger partial charge in [0.25, 0.3) is 0 Å². The van der Waals surface area contributed by atoms with Crippen molar-refractivity contribution in [3.05, 3.63) is 71.8 Å². The number of nitrogens with one attached hydrogen (secondary N) is 1. The average molecular weight is 578 g/mol. The summed E-state index contributed by atoms with van der Waals surface area (Å²) in [6.45, 7) is 3.24. The van der Waals surface area contributed by atoms with E-state index in [0.29, 0.717) is 12.1 Å². The largest absolute Gasteiger partial charge is 0.490 e. The highest BCUT2D eigenvalue weighted by Crippen LogP contribution is 2.59. The van der Waals surface area contributed by atoms with Crippen molar-refractivity contribution in [1.29, 1.82) is 0 Å². The molecule has 0 aromatic heterocycles. The van der Waals surface area contributed by atoms with Crippen LogP contribution in [0.1, 0.15) is 36.8 Å². The lowest BCUT2D eigenvalue weighted by atomic mass is 9.64. The van der Waals surface area contributed by atoms with Gasteiger partial charge >= 0.3 is 6.18 Å². The summed E-state index contributed by atoms with van der Waals surface area (Å²) >= 11 is 0. The van der Waals surface area contributed by atoms with Crippen LogP contribution in [0, 0.1) is 23.5 Å². The molecular formula is C25H24F5NO5S2. The first-order valence-corrected chi connectivity index (χ1v) is 14.9. The summed E-state index contributed by atoms with van der Waals surface area (Å²) in [4.78, 5) is -0.482. The van der Waals surface area contributed by atoms with Crippen LogP contribution in [-0.4, -0.2) is 34.7 Å². The Kier molecular flexibility index (Phi) is 6.43. The zero-order valence-corrected chi connectivity index (χ0v) is 21.5. The van der Waals surface area contributed by atoms with E-state index in [2.05, 4.69) is 11.3 Å². The van der Waals surface area contributed by atoms with Gasteiger partial charge in [-0.1, -0.05) is 6.08 Å². The van der Waals surface area contributed by atoms with Gasteiger partial charge < -0.3 is 4.74 Å². The molecule has 6 nitrogen and oxygen atoms in total. The molecule has 13 heteroatoms. The number of halogens is 5. The third-order valence-corrected chi connectivity index (χ3v) is 12.5. The summed E-state index contributed by atoms with van der Waals surface area (Å²) in [5.74, 6) is -4.23. The summed E-state index contributed by atoms with van der Waals surface area (Å²) in [6, 6.07) is 3.80. The van der Waals surface area contributed by atoms with Crippen LogP contribution in [0.2, 0.25) is 0 Å². The molecule has 0 spiro atoms. The fourth-order valence-corrected chi connectivity index (χ4v) is 10.5. The van der Waals surface area contributed by atoms with Crippen LogP contribution in [0.15, 0.2) is 53.9 Å². The highest BCUT2D eigenvalue weighted by molar-refractivity contribution is 7.92. The molecule has 3 aliphatic rings. The van der Waals surface area contributed by atoms with Crippen molar-refractivity contribution in [1.82, 2.24) is 4.72 Å². The molecule has 2 heterocycles. The van der Waals surface area contributed by atoms with Crippen molar-refractivity contribution in [2.75, 3.05) is 6.61 Å². The molecule has 38 heavy (non-hydrogen) atoms. The minimum atomic E-state index is -4.71. The molecule has 0 radical (unpaired) electrons. The predicted octanol–water partition coefficient (Wildman–Crippen LogP) is 4.71. The molecule has 2 fully saturated rings. The third-order valence-electron chi connectivity index (χ3n) is 8.04. The highest BCUT2D eigenvalue weighted by Gasteiger charge is 2.64. The van der Waals surface area contributed by atoms with E-state index in [4.69, 9.17) is 4.74 Å². The number of hydrogen-bond donors (Lipinski definition) is 1. The van der Waals surface area contributed by atoms with Gasteiger partial charge in [-0.3, -0.25) is 0 Å². The predicted molar refractivity (Wildman–Crippen MR) is 127 cm³/mol. The summed E-state index contributed by atoms with van der Waals surface area (Å²) in [6.07, 6.45) is -3.48. The molecule has 206 valence electrons. The first-order chi connectivity index (χ1) is 17.7. The number of sulfone groups is 1. The van der Waals surface area contributed by atoms with Crippen LogP contribution < -0.4 is 9.46 Å². The normalized spacial score (nSPS) is 30.3. The Morgan fingerprint density at radius 3 is 2.39 bits per heavy atom. The lowest BCUT2D eigenvalue weighted by molar-refractivity contribution is -0.137. The summed E-state index contributed by atoms with van der Waals surface area (Å²) in [5, 5.41) is -0.926. The van der Waals surface area contributed by atoms with Gasteiger partial charge in [-0.15, -0.1) is 6.58 Å². The summed E-state index contributed by atoms with van der Waals surface area (Å²) < 4.78 is 130. The van der Waals surface area contributed by atoms with E-state index < -0.39 is 87.3 Å². The fraction of sp³-hybridized carbons (Fsp3) is 0.440. The number of fused-ring (bicyclic) bond motifs is 5. The van der Waals surface area contributed by atoms with Gasteiger partial charge in [0.05, 0.1) is 27.9 Å². The minimum Gasteiger partial charge on any atom is -0.490 e. The van der Waals surface area contributed by atoms with Gasteiger partial charge in [0.1, 0.15) is 10.6 Å². The SMILES string of the molecule is C=CCC1C[C@@H]2[C@@H](CC[C@@]3(S(=O)(=O)c4ccc(C(F)(F)F)cc4)c4c(F)ccc(F)c4OC[C@@H]23)NS1(=O)=O. The Bertz CT molecular complexity index is 1490. The van der Waals surface area contributed by atoms with Gasteiger partial charge in [-0.2, -0.15) is 13.2 Å². The van der Waals surface area contributed by atoms with E-state index in [-0.39, 0.29) is 32.3 Å². The van der Waals surface area contributed by atoms with Crippen molar-refractivity contribution in [3.8, 4) is 5.75 Å². The smallest absolute Gasteiger partial charge is 0.416 e. The first-order valence-electron chi connectivity index (χ1n) is 11.9. The van der Waals surface area contributed by atoms with Crippen molar-refractivity contribution in [2.45, 2.75) is 52.8 Å². The summed E-state index contributed by atoms with van der Waals surface area (Å²) in [5.41, 5.74) is -1.58. The zero-order valence-electron chi connectivity index (χ0n) is 19.8. The Labute approximate surface area is 216 Å². The Balaban J connectivity index is 1.71. The molecule has 5 atom stereocenters. The second-order valence-corrected chi connectivity index (χ2v) is 14.1. The lowest BCUT2D eigenvalue weighted by Gasteiger charge is -2.54. The van der Waals surface area contributed by atoms with E-state index in [0.717, 1.165) is 24.3 Å². The third kappa shape index (κ3) is 3.96. The maximum absolute atomic E-state index is 15.5. The molecule has 0 amide bonds. The van der Waals surface area contributed by atoms with Crippen molar-refractivity contribution in [2.24, 2.45) is 11.8 Å². The standard InChI is InChI=1S/C25H24F5NO5S2/c1-2-3-16-12-17-18-13-36-23-20(27)9-8-19(26)22(23)24(18,11-10-21(17)31-38(16,34)35)37(32,33)15-6-4-14(5-7-15)25(28,29)30/h2,4-9,16-18,21,31H,1,3,10-13H2/t16?,17-,18-,21+,24-/m0/s1. The Hall–Kier alpha value is -2.51. The van der Waals surface area contributed by atoms with Gasteiger partial charge in [0, 0.05) is 12.0 Å². The molecule has 1 saturated heterocycles. The molecule has 5 rings (SSSR count). The van der Waals surface area contributed by atoms with E-state index >= 15 is 4.39 Å². The molecule has 1 aliphatic carbocycles. The average Bonchev–Trinajstić information content (AvgIpc) is 2.85. The van der Waals surface area contributed by atoms with Crippen molar-refractivity contribution in [3.63, 3.8) is 0 Å². The van der Waals surface area contributed by atoms with Crippen LogP contribution >= 0.6 is 0 Å². The Morgan fingerprint density at radius 1 is 1.11 bits per heavy atom. The quantitative estimate of drug-likeness (QED) is 0.420. The molecule has 2 aliphatic heterocycles. The number of alkyl halides is 3. The first kappa shape index (κ1) is 27.1. The molecule has 1 unspecified atom stereocenters. The number of allylic oxidation sites excluding steroid dienone is 1. The van der Waals surface area contributed by atoms with E-state index in [9.17, 15) is 34.4 Å². The van der Waals surface area contributed by atoms with E-state index in [1.54, 1.807) is 0 Å². The molecule has 1 saturated carbocycles. The highest BCUT2D eigenvalue weighted by atomic mass is 32.2.